The van der Waals surface area contributed by atoms with Gasteiger partial charge in [0.25, 0.3) is 5.91 Å². The molecule has 0 radical (unpaired) electrons. The summed E-state index contributed by atoms with van der Waals surface area (Å²) in [6.45, 7) is 2.79. The van der Waals surface area contributed by atoms with Gasteiger partial charge in [-0.3, -0.25) is 4.79 Å². The lowest BCUT2D eigenvalue weighted by molar-refractivity contribution is 0.0665. The molecular formula is C20H24N4O4. The van der Waals surface area contributed by atoms with Crippen LogP contribution in [0.5, 0.6) is 0 Å². The number of hydrogen-bond donors (Lipinski definition) is 1. The van der Waals surface area contributed by atoms with Crippen molar-refractivity contribution in [3.8, 4) is 0 Å². The Bertz CT molecular complexity index is 842. The van der Waals surface area contributed by atoms with E-state index in [2.05, 4.69) is 22.4 Å². The van der Waals surface area contributed by atoms with Gasteiger partial charge in [-0.1, -0.05) is 17.3 Å². The van der Waals surface area contributed by atoms with E-state index in [1.54, 1.807) is 4.68 Å². The molecule has 2 fully saturated rings. The van der Waals surface area contributed by atoms with Gasteiger partial charge in [-0.2, -0.15) is 0 Å². The molecule has 8 heteroatoms. The molecule has 0 aliphatic carbocycles. The van der Waals surface area contributed by atoms with Crippen LogP contribution in [-0.2, 0) is 4.74 Å². The van der Waals surface area contributed by atoms with E-state index in [0.29, 0.717) is 24.6 Å². The molecule has 8 nitrogen and oxygen atoms in total. The van der Waals surface area contributed by atoms with E-state index in [0.717, 1.165) is 38.9 Å². The molecule has 1 unspecified atom stereocenters. The zero-order chi connectivity index (χ0) is 19.5. The lowest BCUT2D eigenvalue weighted by Gasteiger charge is -2.32. The molecule has 1 aromatic carbocycles. The predicted octanol–water partition coefficient (Wildman–Crippen LogP) is 2.35. The summed E-state index contributed by atoms with van der Waals surface area (Å²) in [5.74, 6) is -0.588. The van der Waals surface area contributed by atoms with Crippen molar-refractivity contribution in [3.63, 3.8) is 0 Å². The predicted molar refractivity (Wildman–Crippen MR) is 100 cm³/mol. The zero-order valence-corrected chi connectivity index (χ0v) is 15.7. The fourth-order valence-corrected chi connectivity index (χ4v) is 4.02. The number of carbonyl (C=O) groups excluding carboxylic acids is 1. The van der Waals surface area contributed by atoms with Crippen molar-refractivity contribution in [1.29, 1.82) is 0 Å². The number of aromatic nitrogens is 3. The summed E-state index contributed by atoms with van der Waals surface area (Å²) in [7, 11) is 0. The number of amides is 1. The first-order valence-electron chi connectivity index (χ1n) is 9.74. The van der Waals surface area contributed by atoms with Crippen LogP contribution >= 0.6 is 0 Å². The molecule has 2 aromatic rings. The van der Waals surface area contributed by atoms with E-state index in [1.807, 2.05) is 17.0 Å². The van der Waals surface area contributed by atoms with Crippen LogP contribution in [0.4, 0.5) is 0 Å². The van der Waals surface area contributed by atoms with E-state index in [9.17, 15) is 9.59 Å². The Morgan fingerprint density at radius 1 is 1.11 bits per heavy atom. The number of ether oxygens (including phenoxy) is 1. The zero-order valence-electron chi connectivity index (χ0n) is 15.7. The van der Waals surface area contributed by atoms with Gasteiger partial charge in [-0.25, -0.2) is 9.48 Å². The Labute approximate surface area is 163 Å². The first kappa shape index (κ1) is 18.6. The maximum Gasteiger partial charge on any atom is 0.358 e. The summed E-state index contributed by atoms with van der Waals surface area (Å²) in [4.78, 5) is 25.8. The molecule has 2 aliphatic rings. The molecule has 28 heavy (non-hydrogen) atoms. The van der Waals surface area contributed by atoms with Crippen LogP contribution < -0.4 is 0 Å². The lowest BCUT2D eigenvalue weighted by atomic mass is 9.91. The monoisotopic (exact) mass is 384 g/mol. The molecule has 2 saturated heterocycles. The number of likely N-dealkylation sites (tertiary alicyclic amines) is 1. The molecule has 1 amide bonds. The van der Waals surface area contributed by atoms with Crippen LogP contribution in [0.15, 0.2) is 30.5 Å². The van der Waals surface area contributed by atoms with Gasteiger partial charge in [0.05, 0.1) is 12.2 Å². The molecular weight excluding hydrogens is 360 g/mol. The topological polar surface area (TPSA) is 97.5 Å². The summed E-state index contributed by atoms with van der Waals surface area (Å²) in [5.41, 5.74) is 1.87. The second-order valence-electron chi connectivity index (χ2n) is 7.44. The Kier molecular flexibility index (Phi) is 5.38. The van der Waals surface area contributed by atoms with Crippen LogP contribution in [0.1, 0.15) is 64.1 Å². The minimum Gasteiger partial charge on any atom is -0.476 e. The Morgan fingerprint density at radius 3 is 2.54 bits per heavy atom. The van der Waals surface area contributed by atoms with Crippen molar-refractivity contribution < 1.29 is 19.4 Å². The first-order valence-corrected chi connectivity index (χ1v) is 9.74. The van der Waals surface area contributed by atoms with Gasteiger partial charge in [-0.05, 0) is 49.3 Å². The number of carbonyl (C=O) groups is 2. The molecule has 3 heterocycles. The molecule has 1 aromatic heterocycles. The average Bonchev–Trinajstić information content (AvgIpc) is 3.25. The largest absolute Gasteiger partial charge is 0.476 e. The van der Waals surface area contributed by atoms with Crippen LogP contribution in [-0.4, -0.2) is 63.2 Å². The third-order valence-corrected chi connectivity index (χ3v) is 5.64. The third-order valence-electron chi connectivity index (χ3n) is 5.64. The average molecular weight is 384 g/mol. The van der Waals surface area contributed by atoms with Gasteiger partial charge in [0, 0.05) is 31.9 Å². The van der Waals surface area contributed by atoms with Gasteiger partial charge in [0.2, 0.25) is 0 Å². The highest BCUT2D eigenvalue weighted by atomic mass is 16.5. The number of benzene rings is 1. The number of carboxylic acids is 1. The number of rotatable bonds is 4. The molecule has 0 bridgehead atoms. The summed E-state index contributed by atoms with van der Waals surface area (Å²) in [6, 6.07) is 7.88. The lowest BCUT2D eigenvalue weighted by Crippen LogP contribution is -2.40. The maximum atomic E-state index is 12.9. The number of hydrogen-bond acceptors (Lipinski definition) is 5. The molecule has 2 aliphatic heterocycles. The van der Waals surface area contributed by atoms with Crippen molar-refractivity contribution in [3.05, 3.63) is 47.3 Å². The Hall–Kier alpha value is -2.74. The summed E-state index contributed by atoms with van der Waals surface area (Å²) >= 11 is 0. The number of piperidine rings is 1. The maximum absolute atomic E-state index is 12.9. The summed E-state index contributed by atoms with van der Waals surface area (Å²) in [5, 5.41) is 16.6. The van der Waals surface area contributed by atoms with Crippen molar-refractivity contribution >= 4 is 11.9 Å². The summed E-state index contributed by atoms with van der Waals surface area (Å²) in [6.07, 6.45) is 5.17. The van der Waals surface area contributed by atoms with Crippen molar-refractivity contribution in [2.75, 3.05) is 26.3 Å². The fourth-order valence-electron chi connectivity index (χ4n) is 4.02. The fraction of sp³-hybridized carbons (Fsp3) is 0.500. The van der Waals surface area contributed by atoms with Crippen molar-refractivity contribution in [1.82, 2.24) is 19.9 Å². The van der Waals surface area contributed by atoms with E-state index < -0.39 is 5.97 Å². The number of carboxylic acid groups (broad SMARTS) is 1. The standard InChI is InChI=1S/C20H24N4O4/c25-19(16-5-3-14(4-6-16)15-7-10-28-11-8-15)23-9-1-2-17(12-23)24-13-18(20(26)27)21-22-24/h3-6,13,15,17H,1-2,7-12H2,(H,26,27). The van der Waals surface area contributed by atoms with Gasteiger partial charge >= 0.3 is 5.97 Å². The van der Waals surface area contributed by atoms with Crippen LogP contribution in [0.3, 0.4) is 0 Å². The minimum absolute atomic E-state index is 0.00167. The highest BCUT2D eigenvalue weighted by molar-refractivity contribution is 5.94. The third kappa shape index (κ3) is 3.91. The molecule has 4 rings (SSSR count). The normalized spacial score (nSPS) is 20.9. The van der Waals surface area contributed by atoms with E-state index >= 15 is 0 Å². The van der Waals surface area contributed by atoms with Crippen molar-refractivity contribution in [2.45, 2.75) is 37.6 Å². The van der Waals surface area contributed by atoms with Gasteiger partial charge in [-0.15, -0.1) is 5.10 Å². The minimum atomic E-state index is -1.10. The highest BCUT2D eigenvalue weighted by Gasteiger charge is 2.27. The van der Waals surface area contributed by atoms with Crippen LogP contribution in [0.2, 0.25) is 0 Å². The highest BCUT2D eigenvalue weighted by Crippen LogP contribution is 2.28. The second-order valence-corrected chi connectivity index (χ2v) is 7.44. The first-order chi connectivity index (χ1) is 13.6. The van der Waals surface area contributed by atoms with Crippen LogP contribution in [0.25, 0.3) is 0 Å². The molecule has 0 saturated carbocycles. The smallest absolute Gasteiger partial charge is 0.358 e. The summed E-state index contributed by atoms with van der Waals surface area (Å²) < 4.78 is 6.99. The molecule has 1 N–H and O–H groups in total. The van der Waals surface area contributed by atoms with E-state index in [4.69, 9.17) is 9.84 Å². The van der Waals surface area contributed by atoms with Gasteiger partial charge in [0.15, 0.2) is 5.69 Å². The van der Waals surface area contributed by atoms with Crippen LogP contribution in [0, 0.1) is 0 Å². The Morgan fingerprint density at radius 2 is 1.86 bits per heavy atom. The van der Waals surface area contributed by atoms with E-state index in [1.165, 1.54) is 11.8 Å². The van der Waals surface area contributed by atoms with Gasteiger partial charge in [0.1, 0.15) is 0 Å². The number of nitrogens with zero attached hydrogens (tertiary/aromatic N) is 4. The van der Waals surface area contributed by atoms with Crippen molar-refractivity contribution in [2.24, 2.45) is 0 Å². The van der Waals surface area contributed by atoms with Gasteiger partial charge < -0.3 is 14.7 Å². The second kappa shape index (κ2) is 8.10. The van der Waals surface area contributed by atoms with E-state index in [-0.39, 0.29) is 17.6 Å². The molecule has 1 atom stereocenters. The Balaban J connectivity index is 1.42. The molecule has 0 spiro atoms. The quantitative estimate of drug-likeness (QED) is 0.869. The SMILES string of the molecule is O=C(O)c1cn(C2CCCN(C(=O)c3ccc(C4CCOCC4)cc3)C2)nn1. The molecule has 148 valence electrons. The number of aromatic carboxylic acids is 1.